The molecule has 1 unspecified atom stereocenters. The van der Waals surface area contributed by atoms with Crippen LogP contribution in [0.2, 0.25) is 0 Å². The third kappa shape index (κ3) is 4.08. The van der Waals surface area contributed by atoms with Gasteiger partial charge in [-0.2, -0.15) is 0 Å². The lowest BCUT2D eigenvalue weighted by atomic mass is 10.0. The SMILES string of the molecule is Cc1cnc(NC(=O)CNC(=O)C2c3ccccc3C(=O)N2Cc2ccccc2)s1. The molecule has 0 radical (unpaired) electrons. The quantitative estimate of drug-likeness (QED) is 0.642. The van der Waals surface area contributed by atoms with E-state index in [1.807, 2.05) is 37.3 Å². The van der Waals surface area contributed by atoms with Crippen molar-refractivity contribution >= 4 is 34.2 Å². The fourth-order valence-corrected chi connectivity index (χ4v) is 4.12. The average molecular weight is 420 g/mol. The first-order valence-electron chi connectivity index (χ1n) is 9.47. The van der Waals surface area contributed by atoms with Crippen LogP contribution in [0.5, 0.6) is 0 Å². The predicted octanol–water partition coefficient (Wildman–Crippen LogP) is 2.90. The molecule has 0 spiro atoms. The fraction of sp³-hybridized carbons (Fsp3) is 0.182. The minimum absolute atomic E-state index is 0.197. The van der Waals surface area contributed by atoms with Crippen LogP contribution in [-0.2, 0) is 16.1 Å². The Labute approximate surface area is 177 Å². The molecule has 3 amide bonds. The second-order valence-electron chi connectivity index (χ2n) is 6.95. The maximum atomic E-state index is 13.0. The van der Waals surface area contributed by atoms with Crippen LogP contribution in [0.1, 0.15) is 32.4 Å². The summed E-state index contributed by atoms with van der Waals surface area (Å²) >= 11 is 1.36. The molecule has 0 saturated heterocycles. The summed E-state index contributed by atoms with van der Waals surface area (Å²) in [5.41, 5.74) is 2.08. The van der Waals surface area contributed by atoms with Crippen molar-refractivity contribution in [2.45, 2.75) is 19.5 Å². The van der Waals surface area contributed by atoms with Crippen molar-refractivity contribution < 1.29 is 14.4 Å². The van der Waals surface area contributed by atoms with Gasteiger partial charge in [0.1, 0.15) is 6.04 Å². The average Bonchev–Trinajstić information content (AvgIpc) is 3.28. The zero-order valence-electron chi connectivity index (χ0n) is 16.3. The summed E-state index contributed by atoms with van der Waals surface area (Å²) in [6.07, 6.45) is 1.67. The number of fused-ring (bicyclic) bond motifs is 1. The number of benzene rings is 2. The van der Waals surface area contributed by atoms with Gasteiger partial charge in [-0.25, -0.2) is 4.98 Å². The van der Waals surface area contributed by atoms with E-state index in [1.165, 1.54) is 16.2 Å². The van der Waals surface area contributed by atoms with E-state index in [9.17, 15) is 14.4 Å². The van der Waals surface area contributed by atoms with Crippen LogP contribution >= 0.6 is 11.3 Å². The molecule has 8 heteroatoms. The van der Waals surface area contributed by atoms with Gasteiger partial charge in [0.05, 0.1) is 6.54 Å². The highest BCUT2D eigenvalue weighted by Gasteiger charge is 2.40. The van der Waals surface area contributed by atoms with E-state index in [0.29, 0.717) is 22.8 Å². The van der Waals surface area contributed by atoms with Gasteiger partial charge in [0.25, 0.3) is 5.91 Å². The Bertz CT molecular complexity index is 1100. The standard InChI is InChI=1S/C22H20N4O3S/c1-14-11-24-22(30-14)25-18(27)12-23-20(28)19-16-9-5-6-10-17(16)21(29)26(19)13-15-7-3-2-4-8-15/h2-11,19H,12-13H2,1H3,(H,23,28)(H,24,25,27). The zero-order valence-corrected chi connectivity index (χ0v) is 17.1. The van der Waals surface area contributed by atoms with Crippen LogP contribution in [-0.4, -0.2) is 34.2 Å². The summed E-state index contributed by atoms with van der Waals surface area (Å²) in [6.45, 7) is 1.99. The molecule has 3 aromatic rings. The summed E-state index contributed by atoms with van der Waals surface area (Å²) < 4.78 is 0. The number of carbonyl (C=O) groups is 3. The molecule has 0 bridgehead atoms. The number of hydrogen-bond acceptors (Lipinski definition) is 5. The lowest BCUT2D eigenvalue weighted by Crippen LogP contribution is -2.41. The largest absolute Gasteiger partial charge is 0.345 e. The first-order valence-corrected chi connectivity index (χ1v) is 10.3. The highest BCUT2D eigenvalue weighted by molar-refractivity contribution is 7.15. The van der Waals surface area contributed by atoms with Crippen LogP contribution < -0.4 is 10.6 Å². The second kappa shape index (κ2) is 8.46. The molecule has 1 aliphatic heterocycles. The van der Waals surface area contributed by atoms with Crippen LogP contribution in [0.3, 0.4) is 0 Å². The number of thiazole rings is 1. The number of rotatable bonds is 6. The number of amides is 3. The van der Waals surface area contributed by atoms with Gasteiger partial charge in [-0.1, -0.05) is 48.5 Å². The highest BCUT2D eigenvalue weighted by Crippen LogP contribution is 2.34. The lowest BCUT2D eigenvalue weighted by Gasteiger charge is -2.24. The zero-order chi connectivity index (χ0) is 21.1. The summed E-state index contributed by atoms with van der Waals surface area (Å²) in [6, 6.07) is 15.8. The molecule has 2 N–H and O–H groups in total. The van der Waals surface area contributed by atoms with Crippen molar-refractivity contribution in [1.82, 2.24) is 15.2 Å². The van der Waals surface area contributed by atoms with Gasteiger partial charge in [0.15, 0.2) is 5.13 Å². The molecule has 152 valence electrons. The summed E-state index contributed by atoms with van der Waals surface area (Å²) in [7, 11) is 0. The third-order valence-corrected chi connectivity index (χ3v) is 5.62. The van der Waals surface area contributed by atoms with E-state index >= 15 is 0 Å². The first-order chi connectivity index (χ1) is 14.5. The minimum atomic E-state index is -0.788. The minimum Gasteiger partial charge on any atom is -0.345 e. The molecule has 1 aromatic heterocycles. The molecule has 4 rings (SSSR count). The number of nitrogens with zero attached hydrogens (tertiary/aromatic N) is 2. The molecule has 7 nitrogen and oxygen atoms in total. The molecular formula is C22H20N4O3S. The number of aryl methyl sites for hydroxylation is 1. The van der Waals surface area contributed by atoms with Gasteiger partial charge in [-0.15, -0.1) is 11.3 Å². The van der Waals surface area contributed by atoms with Crippen molar-refractivity contribution in [2.24, 2.45) is 0 Å². The summed E-state index contributed by atoms with van der Waals surface area (Å²) in [5, 5.41) is 5.81. The van der Waals surface area contributed by atoms with Crippen LogP contribution in [0.25, 0.3) is 0 Å². The highest BCUT2D eigenvalue weighted by atomic mass is 32.1. The molecular weight excluding hydrogens is 400 g/mol. The van der Waals surface area contributed by atoms with E-state index in [-0.39, 0.29) is 18.4 Å². The molecule has 0 saturated carbocycles. The number of anilines is 1. The maximum Gasteiger partial charge on any atom is 0.255 e. The normalized spacial score (nSPS) is 15.0. The molecule has 30 heavy (non-hydrogen) atoms. The van der Waals surface area contributed by atoms with E-state index in [4.69, 9.17) is 0 Å². The maximum absolute atomic E-state index is 13.0. The Hall–Kier alpha value is -3.52. The number of nitrogens with one attached hydrogen (secondary N) is 2. The van der Waals surface area contributed by atoms with Crippen LogP contribution in [0.15, 0.2) is 60.8 Å². The van der Waals surface area contributed by atoms with Crippen LogP contribution in [0.4, 0.5) is 5.13 Å². The molecule has 1 aliphatic rings. The van der Waals surface area contributed by atoms with E-state index in [1.54, 1.807) is 30.5 Å². The Morgan fingerprint density at radius 1 is 1.10 bits per heavy atom. The van der Waals surface area contributed by atoms with Crippen molar-refractivity contribution in [3.63, 3.8) is 0 Å². The third-order valence-electron chi connectivity index (χ3n) is 4.79. The molecule has 1 atom stereocenters. The topological polar surface area (TPSA) is 91.4 Å². The van der Waals surface area contributed by atoms with Crippen molar-refractivity contribution in [3.8, 4) is 0 Å². The number of carbonyl (C=O) groups excluding carboxylic acids is 3. The number of hydrogen-bond donors (Lipinski definition) is 2. The lowest BCUT2D eigenvalue weighted by molar-refractivity contribution is -0.127. The Morgan fingerprint density at radius 2 is 1.83 bits per heavy atom. The van der Waals surface area contributed by atoms with Gasteiger partial charge < -0.3 is 15.5 Å². The Balaban J connectivity index is 1.49. The fourth-order valence-electron chi connectivity index (χ4n) is 3.44. The Kier molecular flexibility index (Phi) is 5.58. The molecule has 0 aliphatic carbocycles. The molecule has 0 fully saturated rings. The van der Waals surface area contributed by atoms with Gasteiger partial charge in [-0.05, 0) is 24.1 Å². The Morgan fingerprint density at radius 3 is 2.57 bits per heavy atom. The van der Waals surface area contributed by atoms with Gasteiger partial charge in [0, 0.05) is 23.2 Å². The summed E-state index contributed by atoms with van der Waals surface area (Å²) in [4.78, 5) is 44.8. The summed E-state index contributed by atoms with van der Waals surface area (Å²) in [5.74, 6) is -0.961. The van der Waals surface area contributed by atoms with E-state index < -0.39 is 11.9 Å². The predicted molar refractivity (Wildman–Crippen MR) is 114 cm³/mol. The first kappa shape index (κ1) is 19.8. The second-order valence-corrected chi connectivity index (χ2v) is 8.19. The van der Waals surface area contributed by atoms with Crippen molar-refractivity contribution in [3.05, 3.63) is 82.4 Å². The van der Waals surface area contributed by atoms with Crippen LogP contribution in [0, 0.1) is 6.92 Å². The van der Waals surface area contributed by atoms with Gasteiger partial charge in [-0.3, -0.25) is 14.4 Å². The molecule has 2 heterocycles. The van der Waals surface area contributed by atoms with E-state index in [0.717, 1.165) is 10.4 Å². The van der Waals surface area contributed by atoms with Crippen molar-refractivity contribution in [2.75, 3.05) is 11.9 Å². The monoisotopic (exact) mass is 420 g/mol. The van der Waals surface area contributed by atoms with E-state index in [2.05, 4.69) is 15.6 Å². The van der Waals surface area contributed by atoms with Crippen molar-refractivity contribution in [1.29, 1.82) is 0 Å². The van der Waals surface area contributed by atoms with Gasteiger partial charge in [0.2, 0.25) is 11.8 Å². The van der Waals surface area contributed by atoms with Gasteiger partial charge >= 0.3 is 0 Å². The smallest absolute Gasteiger partial charge is 0.255 e. The molecule has 2 aromatic carbocycles. The number of aromatic nitrogens is 1.